The Kier molecular flexibility index (Phi) is 5.30. The molecule has 3 saturated heterocycles. The summed E-state index contributed by atoms with van der Waals surface area (Å²) in [7, 11) is 0. The smallest absolute Gasteiger partial charge is 0.410 e. The maximum Gasteiger partial charge on any atom is 0.410 e. The minimum Gasteiger partial charge on any atom is -0.444 e. The first-order valence-electron chi connectivity index (χ1n) is 12.6. The number of likely N-dealkylation sites (tertiary alicyclic amines) is 2. The van der Waals surface area contributed by atoms with Gasteiger partial charge in [0.1, 0.15) is 28.6 Å². The monoisotopic (exact) mass is 537 g/mol. The van der Waals surface area contributed by atoms with Gasteiger partial charge in [-0.05, 0) is 51.5 Å². The van der Waals surface area contributed by atoms with Crippen molar-refractivity contribution in [2.75, 3.05) is 37.6 Å². The number of hydrogen-bond donors (Lipinski definition) is 0. The molecule has 2 amide bonds. The minimum atomic E-state index is -4.27. The summed E-state index contributed by atoms with van der Waals surface area (Å²) in [5.41, 5.74) is -0.607. The van der Waals surface area contributed by atoms with Crippen LogP contribution in [0.25, 0.3) is 10.2 Å². The fourth-order valence-corrected chi connectivity index (χ4v) is 7.02. The molecule has 2 spiro atoms. The number of halogens is 3. The summed E-state index contributed by atoms with van der Waals surface area (Å²) >= 11 is 1.05. The van der Waals surface area contributed by atoms with Crippen molar-refractivity contribution >= 4 is 39.4 Å². The second-order valence-corrected chi connectivity index (χ2v) is 13.4. The zero-order valence-corrected chi connectivity index (χ0v) is 21.9. The predicted octanol–water partition coefficient (Wildman–Crippen LogP) is 4.23. The number of ether oxygens (including phenoxy) is 1. The van der Waals surface area contributed by atoms with Gasteiger partial charge in [0.05, 0.1) is 11.8 Å². The number of fused-ring (bicyclic) bond motifs is 1. The van der Waals surface area contributed by atoms with Crippen molar-refractivity contribution in [3.05, 3.63) is 17.3 Å². The zero-order chi connectivity index (χ0) is 26.4. The van der Waals surface area contributed by atoms with Gasteiger partial charge in [-0.3, -0.25) is 9.69 Å². The standard InChI is InChI=1S/C25H30F3N5O3S/c1-22(2,3)36-21(35)33-13-23(4-5-23)8-17(33)20(34)32-11-24(12-32)9-31(10-24)18-16-6-15(7-25(26,27)28)37-19(16)30-14-29-18/h6,14,17H,4-5,7-13H2,1-3H3/t17-/m0/s1. The van der Waals surface area contributed by atoms with Crippen LogP contribution in [0.5, 0.6) is 0 Å². The first kappa shape index (κ1) is 24.7. The van der Waals surface area contributed by atoms with Crippen molar-refractivity contribution in [3.63, 3.8) is 0 Å². The van der Waals surface area contributed by atoms with Crippen LogP contribution in [0.4, 0.5) is 23.8 Å². The van der Waals surface area contributed by atoms with Crippen molar-refractivity contribution in [1.29, 1.82) is 0 Å². The molecule has 6 rings (SSSR count). The molecule has 3 aliphatic heterocycles. The van der Waals surface area contributed by atoms with Gasteiger partial charge >= 0.3 is 12.3 Å². The highest BCUT2D eigenvalue weighted by atomic mass is 32.1. The molecule has 12 heteroatoms. The largest absolute Gasteiger partial charge is 0.444 e. The Hall–Kier alpha value is -2.63. The first-order valence-corrected chi connectivity index (χ1v) is 13.4. The molecule has 2 aromatic heterocycles. The number of anilines is 1. The van der Waals surface area contributed by atoms with Crippen LogP contribution in [-0.4, -0.2) is 82.3 Å². The third-order valence-electron chi connectivity index (χ3n) is 7.83. The molecule has 0 unspecified atom stereocenters. The molecule has 37 heavy (non-hydrogen) atoms. The van der Waals surface area contributed by atoms with E-state index in [1.807, 2.05) is 25.7 Å². The summed E-state index contributed by atoms with van der Waals surface area (Å²) in [6.07, 6.45) is -1.50. The van der Waals surface area contributed by atoms with Crippen molar-refractivity contribution in [2.45, 2.75) is 64.3 Å². The number of aromatic nitrogens is 2. The highest BCUT2D eigenvalue weighted by molar-refractivity contribution is 7.18. The van der Waals surface area contributed by atoms with Gasteiger partial charge in [-0.2, -0.15) is 13.2 Å². The van der Waals surface area contributed by atoms with E-state index in [9.17, 15) is 22.8 Å². The van der Waals surface area contributed by atoms with Crippen LogP contribution in [0.15, 0.2) is 12.4 Å². The van der Waals surface area contributed by atoms with E-state index in [4.69, 9.17) is 4.74 Å². The van der Waals surface area contributed by atoms with Gasteiger partial charge < -0.3 is 14.5 Å². The molecule has 2 aromatic rings. The highest BCUT2D eigenvalue weighted by Gasteiger charge is 2.60. The molecule has 200 valence electrons. The third kappa shape index (κ3) is 4.61. The molecule has 1 saturated carbocycles. The van der Waals surface area contributed by atoms with Gasteiger partial charge in [-0.25, -0.2) is 14.8 Å². The summed E-state index contributed by atoms with van der Waals surface area (Å²) in [5.74, 6) is 0.630. The van der Waals surface area contributed by atoms with Crippen LogP contribution in [0.2, 0.25) is 0 Å². The van der Waals surface area contributed by atoms with Gasteiger partial charge in [0, 0.05) is 43.0 Å². The fraction of sp³-hybridized carbons (Fsp3) is 0.680. The van der Waals surface area contributed by atoms with Crippen LogP contribution in [-0.2, 0) is 16.0 Å². The lowest BCUT2D eigenvalue weighted by Gasteiger charge is -2.61. The maximum absolute atomic E-state index is 13.4. The topological polar surface area (TPSA) is 78.9 Å². The highest BCUT2D eigenvalue weighted by Crippen LogP contribution is 2.55. The van der Waals surface area contributed by atoms with Crippen molar-refractivity contribution in [1.82, 2.24) is 19.8 Å². The Morgan fingerprint density at radius 2 is 1.78 bits per heavy atom. The van der Waals surface area contributed by atoms with Crippen LogP contribution >= 0.6 is 11.3 Å². The molecule has 0 radical (unpaired) electrons. The number of amides is 2. The number of hydrogen-bond acceptors (Lipinski definition) is 7. The molecular formula is C25H30F3N5O3S. The van der Waals surface area contributed by atoms with Gasteiger partial charge in [-0.15, -0.1) is 11.3 Å². The predicted molar refractivity (Wildman–Crippen MR) is 131 cm³/mol. The van der Waals surface area contributed by atoms with E-state index in [1.165, 1.54) is 6.33 Å². The summed E-state index contributed by atoms with van der Waals surface area (Å²) in [6, 6.07) is 1.06. The van der Waals surface area contributed by atoms with Crippen LogP contribution in [0.3, 0.4) is 0 Å². The molecule has 0 N–H and O–H groups in total. The van der Waals surface area contributed by atoms with E-state index in [0.29, 0.717) is 55.2 Å². The zero-order valence-electron chi connectivity index (χ0n) is 21.1. The number of carbonyl (C=O) groups excluding carboxylic acids is 2. The molecule has 5 heterocycles. The van der Waals surface area contributed by atoms with Gasteiger partial charge in [0.2, 0.25) is 5.91 Å². The normalized spacial score (nSPS) is 23.9. The Bertz CT molecular complexity index is 1250. The van der Waals surface area contributed by atoms with E-state index in [1.54, 1.807) is 11.0 Å². The summed E-state index contributed by atoms with van der Waals surface area (Å²) in [4.78, 5) is 41.1. The average Bonchev–Trinajstić information content (AvgIpc) is 3.16. The fourth-order valence-electron chi connectivity index (χ4n) is 6.00. The second-order valence-electron chi connectivity index (χ2n) is 12.3. The SMILES string of the molecule is CC(C)(C)OC(=O)N1CC2(CC2)C[C@H]1C(=O)N1CC2(C1)CN(c1ncnc3sc(CC(F)(F)F)cc13)C2. The Morgan fingerprint density at radius 3 is 2.41 bits per heavy atom. The van der Waals surface area contributed by atoms with E-state index in [-0.39, 0.29) is 21.6 Å². The quantitative estimate of drug-likeness (QED) is 0.583. The average molecular weight is 538 g/mol. The van der Waals surface area contributed by atoms with Gasteiger partial charge in [-0.1, -0.05) is 0 Å². The second kappa shape index (κ2) is 7.94. The van der Waals surface area contributed by atoms with Gasteiger partial charge in [0.25, 0.3) is 0 Å². The van der Waals surface area contributed by atoms with E-state index >= 15 is 0 Å². The summed E-state index contributed by atoms with van der Waals surface area (Å²) in [5, 5.41) is 0.641. The van der Waals surface area contributed by atoms with Gasteiger partial charge in [0.15, 0.2) is 0 Å². The lowest BCUT2D eigenvalue weighted by atomic mass is 9.72. The number of nitrogens with zero attached hydrogens (tertiary/aromatic N) is 5. The molecule has 4 aliphatic rings. The first-order chi connectivity index (χ1) is 17.2. The molecule has 1 atom stereocenters. The van der Waals surface area contributed by atoms with Crippen LogP contribution in [0, 0.1) is 10.8 Å². The Balaban J connectivity index is 1.10. The van der Waals surface area contributed by atoms with E-state index in [0.717, 1.165) is 24.2 Å². The molecular weight excluding hydrogens is 507 g/mol. The lowest BCUT2D eigenvalue weighted by Crippen LogP contribution is -2.74. The van der Waals surface area contributed by atoms with E-state index in [2.05, 4.69) is 14.9 Å². The summed E-state index contributed by atoms with van der Waals surface area (Å²) in [6.45, 7) is 8.61. The Morgan fingerprint density at radius 1 is 1.08 bits per heavy atom. The molecule has 0 bridgehead atoms. The number of rotatable bonds is 3. The van der Waals surface area contributed by atoms with Crippen molar-refractivity contribution < 1.29 is 27.5 Å². The molecule has 4 fully saturated rings. The van der Waals surface area contributed by atoms with Crippen molar-refractivity contribution in [3.8, 4) is 0 Å². The molecule has 8 nitrogen and oxygen atoms in total. The minimum absolute atomic E-state index is 0.0160. The van der Waals surface area contributed by atoms with Crippen LogP contribution < -0.4 is 4.90 Å². The number of carbonyl (C=O) groups is 2. The lowest BCUT2D eigenvalue weighted by molar-refractivity contribution is -0.150. The maximum atomic E-state index is 13.4. The summed E-state index contributed by atoms with van der Waals surface area (Å²) < 4.78 is 44.2. The van der Waals surface area contributed by atoms with Crippen molar-refractivity contribution in [2.24, 2.45) is 10.8 Å². The molecule has 1 aliphatic carbocycles. The third-order valence-corrected chi connectivity index (χ3v) is 8.87. The number of alkyl halides is 3. The molecule has 0 aromatic carbocycles. The van der Waals surface area contributed by atoms with Crippen LogP contribution in [0.1, 0.15) is 44.9 Å². The number of thiophene rings is 1. The Labute approximate surface area is 216 Å². The van der Waals surface area contributed by atoms with E-state index < -0.39 is 30.3 Å².